The van der Waals surface area contributed by atoms with E-state index in [9.17, 15) is 4.79 Å². The fourth-order valence-corrected chi connectivity index (χ4v) is 6.09. The number of ketones is 1. The molecule has 3 aromatic heterocycles. The Kier molecular flexibility index (Phi) is 8.60. The maximum Gasteiger partial charge on any atom is 0.160 e. The van der Waals surface area contributed by atoms with Gasteiger partial charge in [0, 0.05) is 42.4 Å². The molecule has 5 heterocycles. The number of allylic oxidation sites excluding steroid dienone is 1. The van der Waals surface area contributed by atoms with Gasteiger partial charge >= 0.3 is 0 Å². The van der Waals surface area contributed by atoms with Gasteiger partial charge in [0.15, 0.2) is 11.6 Å². The normalized spacial score (nSPS) is 18.2. The van der Waals surface area contributed by atoms with E-state index < -0.39 is 0 Å². The highest BCUT2D eigenvalue weighted by molar-refractivity contribution is 5.89. The topological polar surface area (TPSA) is 102 Å². The number of nitrogens with zero attached hydrogens (tertiary/aromatic N) is 5. The summed E-state index contributed by atoms with van der Waals surface area (Å²) in [6.45, 7) is 10.7. The van der Waals surface area contributed by atoms with Gasteiger partial charge < -0.3 is 19.7 Å². The van der Waals surface area contributed by atoms with Crippen LogP contribution in [0.15, 0.2) is 61.6 Å². The number of aromatic nitrogens is 4. The van der Waals surface area contributed by atoms with Crippen molar-refractivity contribution in [3.05, 3.63) is 78.4 Å². The largest absolute Gasteiger partial charge is 0.455 e. The number of aryl methyl sites for hydroxylation is 2. The van der Waals surface area contributed by atoms with Gasteiger partial charge in [0.2, 0.25) is 0 Å². The Morgan fingerprint density at radius 1 is 1.21 bits per heavy atom. The first kappa shape index (κ1) is 28.7. The third-order valence-electron chi connectivity index (χ3n) is 8.49. The molecule has 43 heavy (non-hydrogen) atoms. The van der Waals surface area contributed by atoms with Gasteiger partial charge in [0.1, 0.15) is 29.2 Å². The van der Waals surface area contributed by atoms with Crippen molar-refractivity contribution >= 4 is 34.1 Å². The Morgan fingerprint density at radius 2 is 2.12 bits per heavy atom. The van der Waals surface area contributed by atoms with Gasteiger partial charge in [-0.05, 0) is 86.6 Å². The zero-order valence-electron chi connectivity index (χ0n) is 24.9. The third kappa shape index (κ3) is 6.51. The molecule has 6 rings (SSSR count). The lowest BCUT2D eigenvalue weighted by atomic mass is 9.85. The van der Waals surface area contributed by atoms with E-state index in [0.29, 0.717) is 43.0 Å². The van der Waals surface area contributed by atoms with Crippen molar-refractivity contribution in [3.8, 4) is 11.5 Å². The van der Waals surface area contributed by atoms with E-state index in [0.717, 1.165) is 83.9 Å². The molecule has 0 amide bonds. The Morgan fingerprint density at radius 3 is 2.91 bits per heavy atom. The molecular formula is C34H38N6O3. The fraction of sp³-hybridized carbons (Fsp3) is 0.382. The molecule has 0 saturated carbocycles. The van der Waals surface area contributed by atoms with Crippen molar-refractivity contribution in [1.82, 2.24) is 19.9 Å². The van der Waals surface area contributed by atoms with Gasteiger partial charge in [0.05, 0.1) is 24.9 Å². The molecule has 4 aromatic rings. The van der Waals surface area contributed by atoms with Crippen LogP contribution in [-0.2, 0) is 22.6 Å². The van der Waals surface area contributed by atoms with E-state index in [1.807, 2.05) is 37.3 Å². The molecular weight excluding hydrogens is 540 g/mol. The summed E-state index contributed by atoms with van der Waals surface area (Å²) in [5.41, 5.74) is 5.43. The monoisotopic (exact) mass is 578 g/mol. The first-order chi connectivity index (χ1) is 21.0. The second-order valence-electron chi connectivity index (χ2n) is 11.4. The number of anilines is 3. The number of pyridine rings is 2. The highest BCUT2D eigenvalue weighted by atomic mass is 16.5. The van der Waals surface area contributed by atoms with Crippen LogP contribution in [0.2, 0.25) is 0 Å². The standard InChI is InChI=1S/C34H38N6O3/c1-4-26-9-12-29(17-35-26)43-31-13-10-27(15-22(31)3)38-33-32-30(36-21-37-33)16-24-19-42-20-25-18-40(34(24)39-32)14-6-7-23(25)8-11-28(41)5-2/h5,9-10,12-13,15-17,21,23,25H,2,4,6-8,11,14,18-20H2,1,3H3,(H,36,37,38). The maximum absolute atomic E-state index is 11.9. The van der Waals surface area contributed by atoms with Gasteiger partial charge in [-0.2, -0.15) is 0 Å². The van der Waals surface area contributed by atoms with Crippen LogP contribution >= 0.6 is 0 Å². The summed E-state index contributed by atoms with van der Waals surface area (Å²) >= 11 is 0. The van der Waals surface area contributed by atoms with Crippen LogP contribution < -0.4 is 15.0 Å². The van der Waals surface area contributed by atoms with E-state index in [4.69, 9.17) is 14.5 Å². The predicted molar refractivity (Wildman–Crippen MR) is 168 cm³/mol. The lowest BCUT2D eigenvalue weighted by Gasteiger charge is -2.32. The zero-order chi connectivity index (χ0) is 29.8. The lowest BCUT2D eigenvalue weighted by Crippen LogP contribution is -2.36. The summed E-state index contributed by atoms with van der Waals surface area (Å²) in [4.78, 5) is 33.0. The number of carbonyl (C=O) groups excluding carboxylic acids is 1. The summed E-state index contributed by atoms with van der Waals surface area (Å²) < 4.78 is 12.3. The summed E-state index contributed by atoms with van der Waals surface area (Å²) in [6, 6.07) is 12.0. The van der Waals surface area contributed by atoms with Gasteiger partial charge in [0.25, 0.3) is 0 Å². The molecule has 0 aliphatic carbocycles. The Bertz CT molecular complexity index is 1620. The Hall–Kier alpha value is -4.37. The van der Waals surface area contributed by atoms with Crippen molar-refractivity contribution in [2.45, 2.75) is 52.6 Å². The molecule has 0 radical (unpaired) electrons. The number of fused-ring (bicyclic) bond motifs is 5. The van der Waals surface area contributed by atoms with Crippen LogP contribution in [0.3, 0.4) is 0 Å². The van der Waals surface area contributed by atoms with Gasteiger partial charge in [-0.3, -0.25) is 9.78 Å². The smallest absolute Gasteiger partial charge is 0.160 e. The zero-order valence-corrected chi connectivity index (χ0v) is 24.9. The SMILES string of the molecule is C=CC(=O)CCC1CCCN2CC1COCc1cc3ncnc(Nc4ccc(Oc5ccc(CC)nc5)c(C)c4)c3nc12. The van der Waals surface area contributed by atoms with Crippen molar-refractivity contribution in [2.24, 2.45) is 11.8 Å². The van der Waals surface area contributed by atoms with Crippen LogP contribution in [0.25, 0.3) is 11.0 Å². The summed E-state index contributed by atoms with van der Waals surface area (Å²) in [6.07, 6.45) is 9.20. The molecule has 1 fully saturated rings. The third-order valence-corrected chi connectivity index (χ3v) is 8.49. The second kappa shape index (κ2) is 12.9. The molecule has 2 atom stereocenters. The molecule has 0 spiro atoms. The molecule has 9 heteroatoms. The summed E-state index contributed by atoms with van der Waals surface area (Å²) in [5.74, 6) is 3.96. The quantitative estimate of drug-likeness (QED) is 0.217. The van der Waals surface area contributed by atoms with Crippen LogP contribution in [0.5, 0.6) is 11.5 Å². The number of nitrogens with one attached hydrogen (secondary N) is 1. The molecule has 2 bridgehead atoms. The number of hydrogen-bond acceptors (Lipinski definition) is 9. The molecule has 2 unspecified atom stereocenters. The molecule has 222 valence electrons. The predicted octanol–water partition coefficient (Wildman–Crippen LogP) is 6.72. The minimum Gasteiger partial charge on any atom is -0.455 e. The highest BCUT2D eigenvalue weighted by Crippen LogP contribution is 2.36. The number of rotatable bonds is 9. The van der Waals surface area contributed by atoms with E-state index in [1.54, 1.807) is 12.5 Å². The molecule has 2 aliphatic heterocycles. The lowest BCUT2D eigenvalue weighted by molar-refractivity contribution is -0.115. The van der Waals surface area contributed by atoms with Crippen molar-refractivity contribution in [1.29, 1.82) is 0 Å². The number of benzene rings is 1. The summed E-state index contributed by atoms with van der Waals surface area (Å²) in [7, 11) is 0. The average molecular weight is 579 g/mol. The van der Waals surface area contributed by atoms with Crippen molar-refractivity contribution in [2.75, 3.05) is 29.9 Å². The number of carbonyl (C=O) groups is 1. The number of hydrogen-bond donors (Lipinski definition) is 1. The van der Waals surface area contributed by atoms with E-state index >= 15 is 0 Å². The van der Waals surface area contributed by atoms with Gasteiger partial charge in [-0.15, -0.1) is 0 Å². The molecule has 9 nitrogen and oxygen atoms in total. The van der Waals surface area contributed by atoms with Crippen LogP contribution in [0.1, 0.15) is 49.4 Å². The van der Waals surface area contributed by atoms with Gasteiger partial charge in [-0.25, -0.2) is 15.0 Å². The van der Waals surface area contributed by atoms with E-state index in [-0.39, 0.29) is 5.78 Å². The first-order valence-corrected chi connectivity index (χ1v) is 15.1. The Labute approximate surface area is 252 Å². The average Bonchev–Trinajstić information content (AvgIpc) is 3.23. The second-order valence-corrected chi connectivity index (χ2v) is 11.4. The fourth-order valence-electron chi connectivity index (χ4n) is 6.09. The van der Waals surface area contributed by atoms with Crippen LogP contribution in [0, 0.1) is 18.8 Å². The summed E-state index contributed by atoms with van der Waals surface area (Å²) in [5, 5.41) is 3.47. The van der Waals surface area contributed by atoms with Crippen LogP contribution in [0.4, 0.5) is 17.3 Å². The molecule has 2 aliphatic rings. The van der Waals surface area contributed by atoms with Gasteiger partial charge in [-0.1, -0.05) is 13.5 Å². The van der Waals surface area contributed by atoms with Crippen molar-refractivity contribution < 1.29 is 14.3 Å². The minimum absolute atomic E-state index is 0.114. The van der Waals surface area contributed by atoms with E-state index in [2.05, 4.69) is 44.7 Å². The molecule has 1 saturated heterocycles. The highest BCUT2D eigenvalue weighted by Gasteiger charge is 2.31. The van der Waals surface area contributed by atoms with Crippen LogP contribution in [-0.4, -0.2) is 45.4 Å². The van der Waals surface area contributed by atoms with E-state index in [1.165, 1.54) is 6.08 Å². The minimum atomic E-state index is 0.114. The first-order valence-electron chi connectivity index (χ1n) is 15.1. The maximum atomic E-state index is 11.9. The Balaban J connectivity index is 1.24. The van der Waals surface area contributed by atoms with Crippen molar-refractivity contribution in [3.63, 3.8) is 0 Å². The molecule has 1 aromatic carbocycles. The molecule has 1 N–H and O–H groups in total. The number of ether oxygens (including phenoxy) is 2.